The molecule has 3 rings (SSSR count). The second kappa shape index (κ2) is 6.50. The van der Waals surface area contributed by atoms with Crippen LogP contribution in [0, 0.1) is 6.92 Å². The van der Waals surface area contributed by atoms with Crippen molar-refractivity contribution in [2.45, 2.75) is 6.92 Å². The molecule has 7 heteroatoms. The van der Waals surface area contributed by atoms with Crippen molar-refractivity contribution in [3.63, 3.8) is 0 Å². The Balaban J connectivity index is 1.66. The van der Waals surface area contributed by atoms with Crippen molar-refractivity contribution >= 4 is 23.7 Å². The number of carbonyl (C=O) groups excluding carboxylic acids is 1. The molecule has 6 nitrogen and oxygen atoms in total. The van der Waals surface area contributed by atoms with Crippen LogP contribution in [-0.2, 0) is 0 Å². The van der Waals surface area contributed by atoms with E-state index in [9.17, 15) is 4.79 Å². The molecule has 0 unspecified atom stereocenters. The zero-order chi connectivity index (χ0) is 16.2. The first-order valence-electron chi connectivity index (χ1n) is 6.83. The Morgan fingerprint density at radius 1 is 1.35 bits per heavy atom. The molecule has 0 atom stereocenters. The van der Waals surface area contributed by atoms with Gasteiger partial charge in [0.2, 0.25) is 0 Å². The van der Waals surface area contributed by atoms with E-state index in [0.717, 1.165) is 11.3 Å². The van der Waals surface area contributed by atoms with E-state index < -0.39 is 5.91 Å². The Morgan fingerprint density at radius 2 is 2.22 bits per heavy atom. The first-order chi connectivity index (χ1) is 11.1. The lowest BCUT2D eigenvalue weighted by Gasteiger charge is -1.97. The SMILES string of the molecule is Cc1cc(C(=O)NN=Cc2ccc(-c3cccc(Cl)c3)o2)n[nH]1. The molecule has 2 heterocycles. The minimum absolute atomic E-state index is 0.277. The Morgan fingerprint density at radius 3 is 2.96 bits per heavy atom. The van der Waals surface area contributed by atoms with E-state index in [1.165, 1.54) is 6.21 Å². The van der Waals surface area contributed by atoms with E-state index in [-0.39, 0.29) is 5.69 Å². The summed E-state index contributed by atoms with van der Waals surface area (Å²) in [4.78, 5) is 11.8. The number of halogens is 1. The molecule has 0 radical (unpaired) electrons. The molecule has 0 aliphatic carbocycles. The topological polar surface area (TPSA) is 83.3 Å². The summed E-state index contributed by atoms with van der Waals surface area (Å²) in [6.07, 6.45) is 1.42. The predicted molar refractivity (Wildman–Crippen MR) is 87.5 cm³/mol. The number of benzene rings is 1. The third-order valence-electron chi connectivity index (χ3n) is 3.03. The highest BCUT2D eigenvalue weighted by Crippen LogP contribution is 2.24. The molecular formula is C16H13ClN4O2. The average molecular weight is 329 g/mol. The van der Waals surface area contributed by atoms with Crippen LogP contribution in [0.3, 0.4) is 0 Å². The van der Waals surface area contributed by atoms with Gasteiger partial charge in [0.15, 0.2) is 5.69 Å². The maximum Gasteiger partial charge on any atom is 0.291 e. The number of rotatable bonds is 4. The Labute approximate surface area is 137 Å². The van der Waals surface area contributed by atoms with Crippen LogP contribution >= 0.6 is 11.6 Å². The highest BCUT2D eigenvalue weighted by molar-refractivity contribution is 6.30. The highest BCUT2D eigenvalue weighted by atomic mass is 35.5. The van der Waals surface area contributed by atoms with Gasteiger partial charge in [-0.15, -0.1) is 0 Å². The van der Waals surface area contributed by atoms with Gasteiger partial charge in [0.25, 0.3) is 5.91 Å². The molecule has 3 aromatic rings. The summed E-state index contributed by atoms with van der Waals surface area (Å²) < 4.78 is 5.64. The van der Waals surface area contributed by atoms with Gasteiger partial charge in [0.1, 0.15) is 11.5 Å². The molecule has 0 fully saturated rings. The third kappa shape index (κ3) is 3.67. The van der Waals surface area contributed by atoms with Gasteiger partial charge in [-0.1, -0.05) is 23.7 Å². The Bertz CT molecular complexity index is 866. The molecule has 1 amide bonds. The van der Waals surface area contributed by atoms with Crippen molar-refractivity contribution in [3.05, 3.63) is 64.6 Å². The number of H-pyrrole nitrogens is 1. The number of aryl methyl sites for hydroxylation is 1. The summed E-state index contributed by atoms with van der Waals surface area (Å²) in [7, 11) is 0. The van der Waals surface area contributed by atoms with E-state index in [4.69, 9.17) is 16.0 Å². The fraction of sp³-hybridized carbons (Fsp3) is 0.0625. The molecule has 116 valence electrons. The molecule has 0 saturated carbocycles. The van der Waals surface area contributed by atoms with E-state index >= 15 is 0 Å². The molecule has 0 bridgehead atoms. The van der Waals surface area contributed by atoms with E-state index in [0.29, 0.717) is 16.5 Å². The number of nitrogens with one attached hydrogen (secondary N) is 2. The van der Waals surface area contributed by atoms with Gasteiger partial charge in [0, 0.05) is 16.3 Å². The zero-order valence-electron chi connectivity index (χ0n) is 12.2. The molecule has 2 aromatic heterocycles. The van der Waals surface area contributed by atoms with Crippen molar-refractivity contribution in [2.24, 2.45) is 5.10 Å². The number of nitrogens with zero attached hydrogens (tertiary/aromatic N) is 2. The van der Waals surface area contributed by atoms with Crippen molar-refractivity contribution in [1.82, 2.24) is 15.6 Å². The van der Waals surface area contributed by atoms with Crippen LogP contribution in [0.25, 0.3) is 11.3 Å². The number of aromatic amines is 1. The summed E-state index contributed by atoms with van der Waals surface area (Å²) in [6.45, 7) is 1.81. The number of hydrogen-bond acceptors (Lipinski definition) is 4. The molecule has 2 N–H and O–H groups in total. The van der Waals surface area contributed by atoms with Crippen LogP contribution < -0.4 is 5.43 Å². The largest absolute Gasteiger partial charge is 0.455 e. The predicted octanol–water partition coefficient (Wildman–Crippen LogP) is 3.40. The minimum Gasteiger partial charge on any atom is -0.455 e. The minimum atomic E-state index is -0.396. The van der Waals surface area contributed by atoms with Gasteiger partial charge < -0.3 is 4.42 Å². The monoisotopic (exact) mass is 328 g/mol. The van der Waals surface area contributed by atoms with Crippen LogP contribution in [0.1, 0.15) is 21.9 Å². The number of aromatic nitrogens is 2. The lowest BCUT2D eigenvalue weighted by Crippen LogP contribution is -2.17. The van der Waals surface area contributed by atoms with Crippen LogP contribution in [-0.4, -0.2) is 22.3 Å². The second-order valence-corrected chi connectivity index (χ2v) is 5.28. The normalized spacial score (nSPS) is 11.0. The number of amides is 1. The number of hydrogen-bond donors (Lipinski definition) is 2. The van der Waals surface area contributed by atoms with E-state index in [1.54, 1.807) is 18.2 Å². The lowest BCUT2D eigenvalue weighted by molar-refractivity contribution is 0.0950. The fourth-order valence-corrected chi connectivity index (χ4v) is 2.16. The molecule has 1 aromatic carbocycles. The fourth-order valence-electron chi connectivity index (χ4n) is 1.97. The second-order valence-electron chi connectivity index (χ2n) is 4.85. The summed E-state index contributed by atoms with van der Waals surface area (Å²) >= 11 is 5.96. The number of hydrazone groups is 1. The zero-order valence-corrected chi connectivity index (χ0v) is 13.0. The molecule has 0 saturated heterocycles. The summed E-state index contributed by atoms with van der Waals surface area (Å²) in [5.74, 6) is 0.786. The summed E-state index contributed by atoms with van der Waals surface area (Å²) in [6, 6.07) is 12.5. The molecular weight excluding hydrogens is 316 g/mol. The molecule has 23 heavy (non-hydrogen) atoms. The van der Waals surface area contributed by atoms with Crippen LogP contribution in [0.2, 0.25) is 5.02 Å². The number of furan rings is 1. The Kier molecular flexibility index (Phi) is 4.25. The average Bonchev–Trinajstić information content (AvgIpc) is 3.16. The first kappa shape index (κ1) is 15.1. The lowest BCUT2D eigenvalue weighted by atomic mass is 10.2. The Hall–Kier alpha value is -2.86. The van der Waals surface area contributed by atoms with Gasteiger partial charge in [-0.05, 0) is 37.3 Å². The van der Waals surface area contributed by atoms with Crippen molar-refractivity contribution < 1.29 is 9.21 Å². The van der Waals surface area contributed by atoms with Gasteiger partial charge >= 0.3 is 0 Å². The van der Waals surface area contributed by atoms with Crippen molar-refractivity contribution in [1.29, 1.82) is 0 Å². The van der Waals surface area contributed by atoms with Gasteiger partial charge in [-0.25, -0.2) is 5.43 Å². The molecule has 0 aliphatic rings. The van der Waals surface area contributed by atoms with Gasteiger partial charge in [-0.2, -0.15) is 10.2 Å². The van der Waals surface area contributed by atoms with Crippen LogP contribution in [0.15, 0.2) is 52.0 Å². The van der Waals surface area contributed by atoms with Gasteiger partial charge in [-0.3, -0.25) is 9.89 Å². The first-order valence-corrected chi connectivity index (χ1v) is 7.21. The standard InChI is InChI=1S/C16H13ClN4O2/c1-10-7-14(20-19-10)16(22)21-18-9-13-5-6-15(23-13)11-3-2-4-12(17)8-11/h2-9H,1H3,(H,19,20)(H,21,22). The highest BCUT2D eigenvalue weighted by Gasteiger charge is 2.08. The number of carbonyl (C=O) groups is 1. The maximum absolute atomic E-state index is 11.8. The molecule has 0 spiro atoms. The quantitative estimate of drug-likeness (QED) is 0.568. The van der Waals surface area contributed by atoms with Crippen molar-refractivity contribution in [2.75, 3.05) is 0 Å². The van der Waals surface area contributed by atoms with E-state index in [1.807, 2.05) is 31.2 Å². The van der Waals surface area contributed by atoms with Crippen LogP contribution in [0.5, 0.6) is 0 Å². The smallest absolute Gasteiger partial charge is 0.291 e. The maximum atomic E-state index is 11.8. The molecule has 0 aliphatic heterocycles. The van der Waals surface area contributed by atoms with Crippen LogP contribution in [0.4, 0.5) is 0 Å². The summed E-state index contributed by atoms with van der Waals surface area (Å²) in [5, 5.41) is 11.0. The van der Waals surface area contributed by atoms with E-state index in [2.05, 4.69) is 20.7 Å². The third-order valence-corrected chi connectivity index (χ3v) is 3.27. The van der Waals surface area contributed by atoms with Gasteiger partial charge in [0.05, 0.1) is 6.21 Å². The summed E-state index contributed by atoms with van der Waals surface area (Å²) in [5.41, 5.74) is 4.33. The van der Waals surface area contributed by atoms with Crippen molar-refractivity contribution in [3.8, 4) is 11.3 Å².